The van der Waals surface area contributed by atoms with E-state index in [0.29, 0.717) is 12.0 Å². The van der Waals surface area contributed by atoms with Gasteiger partial charge in [-0.05, 0) is 57.4 Å². The van der Waals surface area contributed by atoms with E-state index >= 15 is 0 Å². The molecule has 0 radical (unpaired) electrons. The van der Waals surface area contributed by atoms with Gasteiger partial charge in [-0.25, -0.2) is 9.67 Å². The summed E-state index contributed by atoms with van der Waals surface area (Å²) in [6.07, 6.45) is 8.51. The summed E-state index contributed by atoms with van der Waals surface area (Å²) >= 11 is 0. The minimum absolute atomic E-state index is 0.485. The summed E-state index contributed by atoms with van der Waals surface area (Å²) in [7, 11) is 0. The van der Waals surface area contributed by atoms with Crippen molar-refractivity contribution in [3.8, 4) is 5.82 Å². The Morgan fingerprint density at radius 2 is 1.88 bits per heavy atom. The van der Waals surface area contributed by atoms with Crippen LogP contribution in [0.2, 0.25) is 0 Å². The fourth-order valence-corrected chi connectivity index (χ4v) is 3.71. The number of nitrogens with zero attached hydrogens (tertiary/aromatic N) is 4. The number of ether oxygens (including phenoxy) is 1. The van der Waals surface area contributed by atoms with Crippen LogP contribution in [-0.2, 0) is 4.74 Å². The molecule has 1 saturated carbocycles. The molecule has 6 heteroatoms. The Bertz CT molecular complexity index is 703. The lowest BCUT2D eigenvalue weighted by atomic mass is 9.88. The number of aromatic nitrogens is 4. The van der Waals surface area contributed by atoms with Crippen molar-refractivity contribution in [2.24, 2.45) is 11.8 Å². The molecule has 1 saturated heterocycles. The largest absolute Gasteiger partial charge is 0.381 e. The SMILES string of the molecule is Cc1cc(C)n(-c2cncc(NC(C3CCOCC3)C3CC3)n2)n1. The lowest BCUT2D eigenvalue weighted by Gasteiger charge is -2.31. The number of rotatable bonds is 5. The van der Waals surface area contributed by atoms with Gasteiger partial charge in [-0.2, -0.15) is 5.10 Å². The Balaban J connectivity index is 1.55. The molecule has 2 aromatic heterocycles. The van der Waals surface area contributed by atoms with Crippen molar-refractivity contribution in [3.05, 3.63) is 29.8 Å². The summed E-state index contributed by atoms with van der Waals surface area (Å²) in [6, 6.07) is 2.54. The third kappa shape index (κ3) is 3.29. The van der Waals surface area contributed by atoms with Crippen LogP contribution >= 0.6 is 0 Å². The predicted octanol–water partition coefficient (Wildman–Crippen LogP) is 2.90. The molecule has 1 unspecified atom stereocenters. The molecule has 24 heavy (non-hydrogen) atoms. The topological polar surface area (TPSA) is 64.9 Å². The van der Waals surface area contributed by atoms with Crippen molar-refractivity contribution in [1.82, 2.24) is 19.7 Å². The molecule has 2 aliphatic rings. The summed E-state index contributed by atoms with van der Waals surface area (Å²) < 4.78 is 7.38. The first-order valence-electron chi connectivity index (χ1n) is 8.90. The highest BCUT2D eigenvalue weighted by Crippen LogP contribution is 2.40. The molecule has 1 aliphatic heterocycles. The van der Waals surface area contributed by atoms with Gasteiger partial charge in [0.15, 0.2) is 5.82 Å². The van der Waals surface area contributed by atoms with E-state index in [1.54, 1.807) is 6.20 Å². The first-order chi connectivity index (χ1) is 11.7. The molecule has 1 atom stereocenters. The van der Waals surface area contributed by atoms with E-state index in [9.17, 15) is 0 Å². The zero-order chi connectivity index (χ0) is 16.5. The van der Waals surface area contributed by atoms with E-state index in [0.717, 1.165) is 55.0 Å². The fourth-order valence-electron chi connectivity index (χ4n) is 3.71. The number of nitrogens with one attached hydrogen (secondary N) is 1. The van der Waals surface area contributed by atoms with Gasteiger partial charge in [0.2, 0.25) is 0 Å². The van der Waals surface area contributed by atoms with Gasteiger partial charge >= 0.3 is 0 Å². The summed E-state index contributed by atoms with van der Waals surface area (Å²) in [5.41, 5.74) is 2.06. The van der Waals surface area contributed by atoms with Crippen LogP contribution in [0, 0.1) is 25.7 Å². The van der Waals surface area contributed by atoms with Crippen molar-refractivity contribution in [3.63, 3.8) is 0 Å². The van der Waals surface area contributed by atoms with Crippen LogP contribution in [0.4, 0.5) is 5.82 Å². The lowest BCUT2D eigenvalue weighted by molar-refractivity contribution is 0.0584. The third-order valence-electron chi connectivity index (χ3n) is 5.07. The molecule has 0 aromatic carbocycles. The van der Waals surface area contributed by atoms with E-state index in [1.807, 2.05) is 24.7 Å². The van der Waals surface area contributed by atoms with Crippen LogP contribution in [-0.4, -0.2) is 39.0 Å². The van der Waals surface area contributed by atoms with Gasteiger partial charge in [0.05, 0.1) is 18.1 Å². The van der Waals surface area contributed by atoms with Gasteiger partial charge in [0, 0.05) is 24.9 Å². The smallest absolute Gasteiger partial charge is 0.174 e. The van der Waals surface area contributed by atoms with Gasteiger partial charge in [-0.3, -0.25) is 4.98 Å². The molecule has 0 spiro atoms. The van der Waals surface area contributed by atoms with Gasteiger partial charge in [-0.15, -0.1) is 0 Å². The Morgan fingerprint density at radius 1 is 1.12 bits per heavy atom. The molecule has 0 amide bonds. The van der Waals surface area contributed by atoms with Crippen molar-refractivity contribution in [2.45, 2.75) is 45.6 Å². The summed E-state index contributed by atoms with van der Waals surface area (Å²) in [5, 5.41) is 8.18. The Labute approximate surface area is 142 Å². The van der Waals surface area contributed by atoms with E-state index in [2.05, 4.69) is 21.5 Å². The molecular formula is C18H25N5O. The van der Waals surface area contributed by atoms with Crippen LogP contribution in [0.3, 0.4) is 0 Å². The Hall–Kier alpha value is -1.95. The maximum Gasteiger partial charge on any atom is 0.174 e. The minimum Gasteiger partial charge on any atom is -0.381 e. The zero-order valence-electron chi connectivity index (χ0n) is 14.4. The second-order valence-corrected chi connectivity index (χ2v) is 7.06. The highest BCUT2D eigenvalue weighted by atomic mass is 16.5. The van der Waals surface area contributed by atoms with Crippen LogP contribution in [0.25, 0.3) is 5.82 Å². The molecule has 6 nitrogen and oxygen atoms in total. The van der Waals surface area contributed by atoms with Crippen LogP contribution in [0.5, 0.6) is 0 Å². The lowest BCUT2D eigenvalue weighted by Crippen LogP contribution is -2.35. The molecule has 2 aromatic rings. The second-order valence-electron chi connectivity index (χ2n) is 7.06. The minimum atomic E-state index is 0.485. The van der Waals surface area contributed by atoms with Crippen molar-refractivity contribution in [2.75, 3.05) is 18.5 Å². The highest BCUT2D eigenvalue weighted by Gasteiger charge is 2.37. The van der Waals surface area contributed by atoms with Gasteiger partial charge in [0.25, 0.3) is 0 Å². The van der Waals surface area contributed by atoms with Crippen LogP contribution in [0.1, 0.15) is 37.1 Å². The first-order valence-corrected chi connectivity index (χ1v) is 8.90. The summed E-state index contributed by atoms with van der Waals surface area (Å²) in [4.78, 5) is 9.14. The first kappa shape index (κ1) is 15.6. The third-order valence-corrected chi connectivity index (χ3v) is 5.07. The van der Waals surface area contributed by atoms with Crippen molar-refractivity contribution in [1.29, 1.82) is 0 Å². The second kappa shape index (κ2) is 6.51. The molecule has 2 fully saturated rings. The molecule has 4 rings (SSSR count). The average molecular weight is 327 g/mol. The monoisotopic (exact) mass is 327 g/mol. The van der Waals surface area contributed by atoms with Crippen molar-refractivity contribution >= 4 is 5.82 Å². The average Bonchev–Trinajstić information content (AvgIpc) is 3.38. The highest BCUT2D eigenvalue weighted by molar-refractivity contribution is 5.38. The maximum atomic E-state index is 5.53. The van der Waals surface area contributed by atoms with Crippen molar-refractivity contribution < 1.29 is 4.74 Å². The number of aryl methyl sites for hydroxylation is 2. The molecule has 128 valence electrons. The summed E-state index contributed by atoms with van der Waals surface area (Å²) in [6.45, 7) is 5.80. The van der Waals surface area contributed by atoms with E-state index in [1.165, 1.54) is 12.8 Å². The molecule has 3 heterocycles. The Kier molecular flexibility index (Phi) is 4.22. The van der Waals surface area contributed by atoms with E-state index < -0.39 is 0 Å². The number of anilines is 1. The molecular weight excluding hydrogens is 302 g/mol. The van der Waals surface area contributed by atoms with E-state index in [4.69, 9.17) is 9.72 Å². The van der Waals surface area contributed by atoms with Gasteiger partial charge < -0.3 is 10.1 Å². The van der Waals surface area contributed by atoms with Crippen LogP contribution in [0.15, 0.2) is 18.5 Å². The normalized spacial score (nSPS) is 20.1. The number of hydrogen-bond acceptors (Lipinski definition) is 5. The molecule has 1 N–H and O–H groups in total. The van der Waals surface area contributed by atoms with Gasteiger partial charge in [0.1, 0.15) is 5.82 Å². The number of hydrogen-bond donors (Lipinski definition) is 1. The maximum absolute atomic E-state index is 5.53. The zero-order valence-corrected chi connectivity index (χ0v) is 14.4. The molecule has 1 aliphatic carbocycles. The summed E-state index contributed by atoms with van der Waals surface area (Å²) in [5.74, 6) is 3.06. The quantitative estimate of drug-likeness (QED) is 0.915. The predicted molar refractivity (Wildman–Crippen MR) is 92.3 cm³/mol. The molecule has 0 bridgehead atoms. The van der Waals surface area contributed by atoms with E-state index in [-0.39, 0.29) is 0 Å². The van der Waals surface area contributed by atoms with Crippen LogP contribution < -0.4 is 5.32 Å². The standard InChI is InChI=1S/C18H25N5O/c1-12-9-13(2)23(22-12)17-11-19-10-16(20-17)21-18(14-3-4-14)15-5-7-24-8-6-15/h9-11,14-15,18H,3-8H2,1-2H3,(H,20,21). The fraction of sp³-hybridized carbons (Fsp3) is 0.611. The Morgan fingerprint density at radius 3 is 2.54 bits per heavy atom. The van der Waals surface area contributed by atoms with Gasteiger partial charge in [-0.1, -0.05) is 0 Å².